The van der Waals surface area contributed by atoms with Gasteiger partial charge in [0.05, 0.1) is 0 Å². The number of unbranched alkanes of at least 4 members (excludes halogenated alkanes) is 3. The fraction of sp³-hybridized carbons (Fsp3) is 1.00. The van der Waals surface area contributed by atoms with Crippen molar-refractivity contribution in [3.63, 3.8) is 0 Å². The quantitative estimate of drug-likeness (QED) is 0.454. The highest BCUT2D eigenvalue weighted by molar-refractivity contribution is 9.09. The van der Waals surface area contributed by atoms with Gasteiger partial charge in [0, 0.05) is 5.33 Å². The Balaban J connectivity index is 2.69. The van der Waals surface area contributed by atoms with Gasteiger partial charge in [-0.05, 0) is 30.8 Å². The zero-order valence-electron chi connectivity index (χ0n) is 7.44. The Morgan fingerprint density at radius 2 is 1.73 bits per heavy atom. The van der Waals surface area contributed by atoms with E-state index in [0.717, 1.165) is 0 Å². The third-order valence-electron chi connectivity index (χ3n) is 1.56. The topological polar surface area (TPSA) is 0 Å². The minimum atomic E-state index is 1.17. The van der Waals surface area contributed by atoms with Crippen LogP contribution in [0.4, 0.5) is 0 Å². The summed E-state index contributed by atoms with van der Waals surface area (Å²) in [7, 11) is 0. The molecule has 0 aliphatic heterocycles. The molecule has 0 aromatic carbocycles. The lowest BCUT2D eigenvalue weighted by atomic mass is 10.3. The van der Waals surface area contributed by atoms with Gasteiger partial charge in [-0.3, -0.25) is 0 Å². The van der Waals surface area contributed by atoms with Gasteiger partial charge < -0.3 is 0 Å². The molecule has 2 heteroatoms. The van der Waals surface area contributed by atoms with Gasteiger partial charge >= 0.3 is 0 Å². The first-order valence-electron chi connectivity index (χ1n) is 4.55. The first-order chi connectivity index (χ1) is 5.41. The lowest BCUT2D eigenvalue weighted by Crippen LogP contribution is -1.84. The molecule has 0 aromatic heterocycles. The van der Waals surface area contributed by atoms with Crippen LogP contribution in [0, 0.1) is 0 Å². The molecule has 68 valence electrons. The van der Waals surface area contributed by atoms with Crippen LogP contribution in [0.1, 0.15) is 39.0 Å². The molecule has 0 fully saturated rings. The minimum Gasteiger partial charge on any atom is -0.162 e. The van der Waals surface area contributed by atoms with Crippen molar-refractivity contribution in [1.82, 2.24) is 0 Å². The third-order valence-corrected chi connectivity index (χ3v) is 3.28. The lowest BCUT2D eigenvalue weighted by molar-refractivity contribution is 0.787. The zero-order chi connectivity index (χ0) is 8.36. The maximum atomic E-state index is 3.44. The molecule has 0 aliphatic carbocycles. The molecule has 11 heavy (non-hydrogen) atoms. The van der Waals surface area contributed by atoms with Gasteiger partial charge in [-0.2, -0.15) is 11.8 Å². The number of hydrogen-bond donors (Lipinski definition) is 0. The summed E-state index contributed by atoms with van der Waals surface area (Å²) in [6.45, 7) is 2.26. The summed E-state index contributed by atoms with van der Waals surface area (Å²) < 4.78 is 0. The van der Waals surface area contributed by atoms with Crippen LogP contribution in [0.3, 0.4) is 0 Å². The molecule has 0 atom stereocenters. The van der Waals surface area contributed by atoms with Crippen LogP contribution in [0.25, 0.3) is 0 Å². The van der Waals surface area contributed by atoms with E-state index in [1.165, 1.54) is 48.9 Å². The number of halogens is 1. The van der Waals surface area contributed by atoms with Gasteiger partial charge in [-0.1, -0.05) is 35.7 Å². The molecular formula is C9H19BrS. The van der Waals surface area contributed by atoms with Crippen molar-refractivity contribution < 1.29 is 0 Å². The van der Waals surface area contributed by atoms with Gasteiger partial charge in [0.25, 0.3) is 0 Å². The number of hydrogen-bond acceptors (Lipinski definition) is 1. The summed E-state index contributed by atoms with van der Waals surface area (Å²) in [5.74, 6) is 2.73. The van der Waals surface area contributed by atoms with E-state index in [9.17, 15) is 0 Å². The average molecular weight is 239 g/mol. The van der Waals surface area contributed by atoms with Crippen LogP contribution in [0.5, 0.6) is 0 Å². The van der Waals surface area contributed by atoms with E-state index < -0.39 is 0 Å². The van der Waals surface area contributed by atoms with Gasteiger partial charge in [-0.15, -0.1) is 0 Å². The molecule has 0 saturated carbocycles. The molecule has 0 rings (SSSR count). The fourth-order valence-electron chi connectivity index (χ4n) is 0.824. The summed E-state index contributed by atoms with van der Waals surface area (Å²) in [5, 5.41) is 1.17. The Hall–Kier alpha value is 0.830. The van der Waals surface area contributed by atoms with E-state index in [0.29, 0.717) is 0 Å². The molecule has 0 nitrogen and oxygen atoms in total. The molecule has 0 saturated heterocycles. The molecule has 0 aromatic rings. The van der Waals surface area contributed by atoms with Crippen LogP contribution in [-0.2, 0) is 0 Å². The average Bonchev–Trinajstić information content (AvgIpc) is 2.03. The fourth-order valence-corrected chi connectivity index (χ4v) is 2.33. The molecule has 0 radical (unpaired) electrons. The first-order valence-corrected chi connectivity index (χ1v) is 6.83. The highest BCUT2D eigenvalue weighted by Crippen LogP contribution is 2.09. The number of rotatable bonds is 8. The second-order valence-electron chi connectivity index (χ2n) is 2.72. The maximum Gasteiger partial charge on any atom is 0.00313 e. The van der Waals surface area contributed by atoms with Gasteiger partial charge in [-0.25, -0.2) is 0 Å². The Bertz CT molecular complexity index is 58.6. The summed E-state index contributed by atoms with van der Waals surface area (Å²) in [6.07, 6.45) is 6.87. The smallest absolute Gasteiger partial charge is 0.00313 e. The highest BCUT2D eigenvalue weighted by Gasteiger charge is 1.89. The second-order valence-corrected chi connectivity index (χ2v) is 4.73. The van der Waals surface area contributed by atoms with E-state index in [-0.39, 0.29) is 0 Å². The van der Waals surface area contributed by atoms with Crippen molar-refractivity contribution in [1.29, 1.82) is 0 Å². The van der Waals surface area contributed by atoms with Crippen LogP contribution in [0.15, 0.2) is 0 Å². The van der Waals surface area contributed by atoms with Crippen LogP contribution in [-0.4, -0.2) is 16.8 Å². The minimum absolute atomic E-state index is 1.17. The van der Waals surface area contributed by atoms with Crippen molar-refractivity contribution in [3.8, 4) is 0 Å². The Kier molecular flexibility index (Phi) is 11.6. The molecule has 0 aliphatic rings. The molecule has 0 N–H and O–H groups in total. The summed E-state index contributed by atoms with van der Waals surface area (Å²) in [5.41, 5.74) is 0. The van der Waals surface area contributed by atoms with Gasteiger partial charge in [0.2, 0.25) is 0 Å². The number of alkyl halides is 1. The van der Waals surface area contributed by atoms with Crippen molar-refractivity contribution >= 4 is 27.7 Å². The summed E-state index contributed by atoms with van der Waals surface area (Å²) in [4.78, 5) is 0. The van der Waals surface area contributed by atoms with Gasteiger partial charge in [0.1, 0.15) is 0 Å². The summed E-state index contributed by atoms with van der Waals surface area (Å²) >= 11 is 5.55. The van der Waals surface area contributed by atoms with E-state index in [1.807, 2.05) is 0 Å². The Morgan fingerprint density at radius 3 is 2.36 bits per heavy atom. The SMILES string of the molecule is CCCCSCCCCCBr. The largest absolute Gasteiger partial charge is 0.162 e. The van der Waals surface area contributed by atoms with E-state index in [1.54, 1.807) is 0 Å². The standard InChI is InChI=1S/C9H19BrS/c1-2-3-8-11-9-6-4-5-7-10/h2-9H2,1H3. The van der Waals surface area contributed by atoms with E-state index in [4.69, 9.17) is 0 Å². The van der Waals surface area contributed by atoms with Crippen molar-refractivity contribution in [3.05, 3.63) is 0 Å². The number of thioether (sulfide) groups is 1. The second kappa shape index (κ2) is 10.8. The van der Waals surface area contributed by atoms with Crippen LogP contribution >= 0.6 is 27.7 Å². The highest BCUT2D eigenvalue weighted by atomic mass is 79.9. The molecular weight excluding hydrogens is 220 g/mol. The van der Waals surface area contributed by atoms with Crippen molar-refractivity contribution in [2.75, 3.05) is 16.8 Å². The molecule has 0 spiro atoms. The molecule has 0 heterocycles. The van der Waals surface area contributed by atoms with Crippen LogP contribution < -0.4 is 0 Å². The monoisotopic (exact) mass is 238 g/mol. The van der Waals surface area contributed by atoms with Crippen LogP contribution in [0.2, 0.25) is 0 Å². The first kappa shape index (κ1) is 11.8. The van der Waals surface area contributed by atoms with Gasteiger partial charge in [0.15, 0.2) is 0 Å². The van der Waals surface area contributed by atoms with E-state index in [2.05, 4.69) is 34.6 Å². The lowest BCUT2D eigenvalue weighted by Gasteiger charge is -1.98. The molecule has 0 unspecified atom stereocenters. The van der Waals surface area contributed by atoms with Crippen molar-refractivity contribution in [2.24, 2.45) is 0 Å². The molecule has 0 bridgehead atoms. The summed E-state index contributed by atoms with van der Waals surface area (Å²) in [6, 6.07) is 0. The van der Waals surface area contributed by atoms with E-state index >= 15 is 0 Å². The Labute approximate surface area is 83.6 Å². The predicted molar refractivity (Wildman–Crippen MR) is 59.9 cm³/mol. The normalized spacial score (nSPS) is 10.4. The zero-order valence-corrected chi connectivity index (χ0v) is 9.85. The Morgan fingerprint density at radius 1 is 1.00 bits per heavy atom. The van der Waals surface area contributed by atoms with Crippen molar-refractivity contribution in [2.45, 2.75) is 39.0 Å². The molecule has 0 amide bonds. The predicted octanol–water partition coefficient (Wildman–Crippen LogP) is 4.08. The maximum absolute atomic E-state index is 3.44. The third kappa shape index (κ3) is 10.8.